The first-order valence-electron chi connectivity index (χ1n) is 8.82. The van der Waals surface area contributed by atoms with Gasteiger partial charge in [-0.3, -0.25) is 4.79 Å². The maximum absolute atomic E-state index is 12.9. The molecule has 4 rings (SSSR count). The molecule has 26 heavy (non-hydrogen) atoms. The highest BCUT2D eigenvalue weighted by Gasteiger charge is 2.24. The van der Waals surface area contributed by atoms with Crippen molar-refractivity contribution in [3.8, 4) is 0 Å². The summed E-state index contributed by atoms with van der Waals surface area (Å²) >= 11 is 0. The molecule has 0 bridgehead atoms. The number of hydrogen-bond donors (Lipinski definition) is 1. The number of piperidine rings is 1. The second-order valence-corrected chi connectivity index (χ2v) is 6.71. The fraction of sp³-hybridized carbons (Fsp3) is 0.368. The normalized spacial score (nSPS) is 17.5. The van der Waals surface area contributed by atoms with Crippen LogP contribution in [0.2, 0.25) is 0 Å². The van der Waals surface area contributed by atoms with E-state index in [-0.39, 0.29) is 11.9 Å². The second kappa shape index (κ2) is 6.74. The zero-order valence-corrected chi connectivity index (χ0v) is 14.9. The predicted octanol–water partition coefficient (Wildman–Crippen LogP) is 2.63. The fourth-order valence-electron chi connectivity index (χ4n) is 3.50. The van der Waals surface area contributed by atoms with Gasteiger partial charge < -0.3 is 14.7 Å². The molecule has 1 atom stereocenters. The molecule has 0 radical (unpaired) electrons. The second-order valence-electron chi connectivity index (χ2n) is 6.71. The Bertz CT molecular complexity index is 938. The maximum Gasteiger partial charge on any atom is 0.258 e. The third-order valence-electron chi connectivity index (χ3n) is 4.72. The summed E-state index contributed by atoms with van der Waals surface area (Å²) in [4.78, 5) is 23.9. The summed E-state index contributed by atoms with van der Waals surface area (Å²) < 4.78 is 5.23. The van der Waals surface area contributed by atoms with Gasteiger partial charge >= 0.3 is 0 Å². The van der Waals surface area contributed by atoms with Crippen LogP contribution < -0.4 is 10.2 Å². The largest absolute Gasteiger partial charge is 0.355 e. The fourth-order valence-corrected chi connectivity index (χ4v) is 3.50. The van der Waals surface area contributed by atoms with E-state index in [0.717, 1.165) is 37.4 Å². The first kappa shape index (κ1) is 16.5. The van der Waals surface area contributed by atoms with Crippen molar-refractivity contribution in [1.82, 2.24) is 20.4 Å². The minimum Gasteiger partial charge on any atom is -0.355 e. The highest BCUT2D eigenvalue weighted by molar-refractivity contribution is 6.06. The monoisotopic (exact) mass is 351 g/mol. The zero-order chi connectivity index (χ0) is 18.1. The van der Waals surface area contributed by atoms with Crippen LogP contribution in [0.25, 0.3) is 11.1 Å². The number of amides is 1. The zero-order valence-electron chi connectivity index (χ0n) is 14.9. The number of aromatic nitrogens is 3. The number of fused-ring (bicyclic) bond motifs is 1. The predicted molar refractivity (Wildman–Crippen MR) is 98.2 cm³/mol. The third kappa shape index (κ3) is 3.12. The average Bonchev–Trinajstić information content (AvgIpc) is 3.02. The number of hydrogen-bond acceptors (Lipinski definition) is 6. The molecule has 0 aliphatic carbocycles. The number of nitrogens with one attached hydrogen (secondary N) is 1. The lowest BCUT2D eigenvalue weighted by atomic mass is 10.0. The first-order valence-corrected chi connectivity index (χ1v) is 8.82. The Morgan fingerprint density at radius 2 is 2.23 bits per heavy atom. The summed E-state index contributed by atoms with van der Waals surface area (Å²) in [6, 6.07) is 7.75. The molecule has 0 spiro atoms. The van der Waals surface area contributed by atoms with Crippen LogP contribution >= 0.6 is 0 Å². The van der Waals surface area contributed by atoms with Gasteiger partial charge in [-0.2, -0.15) is 0 Å². The molecule has 0 unspecified atom stereocenters. The number of carbonyl (C=O) groups excluding carboxylic acids is 1. The molecule has 3 aromatic rings. The van der Waals surface area contributed by atoms with E-state index in [2.05, 4.69) is 25.3 Å². The number of nitrogens with zero attached hydrogens (tertiary/aromatic N) is 4. The van der Waals surface area contributed by atoms with E-state index in [1.54, 1.807) is 12.3 Å². The molecule has 0 aromatic carbocycles. The van der Waals surface area contributed by atoms with Crippen molar-refractivity contribution in [2.45, 2.75) is 32.7 Å². The van der Waals surface area contributed by atoms with Crippen molar-refractivity contribution in [1.29, 1.82) is 0 Å². The molecule has 4 heterocycles. The van der Waals surface area contributed by atoms with E-state index in [4.69, 9.17) is 4.52 Å². The van der Waals surface area contributed by atoms with Gasteiger partial charge in [-0.25, -0.2) is 9.97 Å². The highest BCUT2D eigenvalue weighted by Crippen LogP contribution is 2.23. The molecule has 3 aromatic heterocycles. The smallest absolute Gasteiger partial charge is 0.258 e. The van der Waals surface area contributed by atoms with Crippen LogP contribution in [-0.2, 0) is 0 Å². The SMILES string of the molecule is Cc1cc(C(=O)N[C@@H]2CCCN(c3ccccn3)C2)c2c(C)noc2n1. The van der Waals surface area contributed by atoms with E-state index in [9.17, 15) is 4.79 Å². The Labute approximate surface area is 151 Å². The van der Waals surface area contributed by atoms with Crippen molar-refractivity contribution in [2.75, 3.05) is 18.0 Å². The molecular weight excluding hydrogens is 330 g/mol. The van der Waals surface area contributed by atoms with Crippen molar-refractivity contribution in [3.63, 3.8) is 0 Å². The number of pyridine rings is 2. The number of anilines is 1. The van der Waals surface area contributed by atoms with Gasteiger partial charge in [0.1, 0.15) is 5.82 Å². The van der Waals surface area contributed by atoms with Crippen molar-refractivity contribution in [2.24, 2.45) is 0 Å². The molecule has 1 N–H and O–H groups in total. The Balaban J connectivity index is 1.54. The minimum atomic E-state index is -0.111. The molecule has 1 fully saturated rings. The van der Waals surface area contributed by atoms with Crippen LogP contribution in [-0.4, -0.2) is 40.2 Å². The van der Waals surface area contributed by atoms with E-state index >= 15 is 0 Å². The van der Waals surface area contributed by atoms with Gasteiger partial charge in [0.15, 0.2) is 0 Å². The minimum absolute atomic E-state index is 0.0712. The van der Waals surface area contributed by atoms with Crippen LogP contribution in [0.1, 0.15) is 34.6 Å². The molecule has 1 saturated heterocycles. The Morgan fingerprint density at radius 3 is 3.04 bits per heavy atom. The highest BCUT2D eigenvalue weighted by atomic mass is 16.5. The lowest BCUT2D eigenvalue weighted by molar-refractivity contribution is 0.0934. The van der Waals surface area contributed by atoms with Crippen molar-refractivity contribution < 1.29 is 9.32 Å². The summed E-state index contributed by atoms with van der Waals surface area (Å²) in [7, 11) is 0. The molecule has 1 amide bonds. The first-order chi connectivity index (χ1) is 12.6. The van der Waals surface area contributed by atoms with Crippen LogP contribution in [0.5, 0.6) is 0 Å². The van der Waals surface area contributed by atoms with Gasteiger partial charge in [-0.1, -0.05) is 11.2 Å². The molecule has 0 saturated carbocycles. The van der Waals surface area contributed by atoms with Crippen LogP contribution in [0.4, 0.5) is 5.82 Å². The van der Waals surface area contributed by atoms with Crippen LogP contribution in [0.3, 0.4) is 0 Å². The summed E-state index contributed by atoms with van der Waals surface area (Å²) in [6.07, 6.45) is 3.76. The summed E-state index contributed by atoms with van der Waals surface area (Å²) in [5, 5.41) is 7.80. The lowest BCUT2D eigenvalue weighted by Gasteiger charge is -2.34. The Hall–Kier alpha value is -2.96. The van der Waals surface area contributed by atoms with Gasteiger partial charge in [-0.15, -0.1) is 0 Å². The molecule has 1 aliphatic heterocycles. The number of rotatable bonds is 3. The lowest BCUT2D eigenvalue weighted by Crippen LogP contribution is -2.48. The van der Waals surface area contributed by atoms with Crippen molar-refractivity contribution in [3.05, 3.63) is 47.4 Å². The number of carbonyl (C=O) groups is 1. The van der Waals surface area contributed by atoms with Gasteiger partial charge in [0.2, 0.25) is 0 Å². The van der Waals surface area contributed by atoms with E-state index < -0.39 is 0 Å². The molecular formula is C19H21N5O2. The topological polar surface area (TPSA) is 84.2 Å². The van der Waals surface area contributed by atoms with E-state index in [1.165, 1.54) is 0 Å². The quantitative estimate of drug-likeness (QED) is 0.781. The molecule has 1 aliphatic rings. The molecule has 134 valence electrons. The number of aryl methyl sites for hydroxylation is 2. The summed E-state index contributed by atoms with van der Waals surface area (Å²) in [5.41, 5.74) is 2.39. The standard InChI is InChI=1S/C19H21N5O2/c1-12-10-15(17-13(2)23-26-19(17)21-12)18(25)22-14-6-5-9-24(11-14)16-7-3-4-8-20-16/h3-4,7-8,10,14H,5-6,9,11H2,1-2H3,(H,22,25)/t14-/m1/s1. The third-order valence-corrected chi connectivity index (χ3v) is 4.72. The van der Waals surface area contributed by atoms with Crippen molar-refractivity contribution >= 4 is 22.8 Å². The Kier molecular flexibility index (Phi) is 4.28. The van der Waals surface area contributed by atoms with Gasteiger partial charge in [-0.05, 0) is 44.9 Å². The molecule has 7 heteroatoms. The summed E-state index contributed by atoms with van der Waals surface area (Å²) in [5.74, 6) is 0.836. The maximum atomic E-state index is 12.9. The van der Waals surface area contributed by atoms with Gasteiger partial charge in [0.05, 0.1) is 16.6 Å². The van der Waals surface area contributed by atoms with Crippen LogP contribution in [0.15, 0.2) is 35.0 Å². The Morgan fingerprint density at radius 1 is 1.35 bits per heavy atom. The summed E-state index contributed by atoms with van der Waals surface area (Å²) in [6.45, 7) is 5.37. The van der Waals surface area contributed by atoms with Gasteiger partial charge in [0.25, 0.3) is 11.6 Å². The van der Waals surface area contributed by atoms with E-state index in [1.807, 2.05) is 32.0 Å². The van der Waals surface area contributed by atoms with E-state index in [0.29, 0.717) is 22.4 Å². The molecule has 7 nitrogen and oxygen atoms in total. The van der Waals surface area contributed by atoms with Gasteiger partial charge in [0, 0.05) is 31.0 Å². The average molecular weight is 351 g/mol. The van der Waals surface area contributed by atoms with Crippen LogP contribution in [0, 0.1) is 13.8 Å².